The Morgan fingerprint density at radius 3 is 1.76 bits per heavy atom. The molecule has 0 radical (unpaired) electrons. The van der Waals surface area contributed by atoms with Crippen molar-refractivity contribution in [3.8, 4) is 0 Å². The third kappa shape index (κ3) is 14.6. The van der Waals surface area contributed by atoms with Crippen LogP contribution in [0, 0.1) is 0 Å². The van der Waals surface area contributed by atoms with Gasteiger partial charge in [0.2, 0.25) is 21.8 Å². The van der Waals surface area contributed by atoms with E-state index in [0.717, 1.165) is 5.56 Å². The zero-order chi connectivity index (χ0) is 24.9. The summed E-state index contributed by atoms with van der Waals surface area (Å²) >= 11 is 0. The third-order valence-electron chi connectivity index (χ3n) is 4.23. The Balaban J connectivity index is 2.61. The van der Waals surface area contributed by atoms with E-state index < -0.39 is 52.6 Å². The van der Waals surface area contributed by atoms with Gasteiger partial charge in [0.25, 0.3) is 0 Å². The number of nitrogens with one attached hydrogen (secondary N) is 2. The molecule has 0 bridgehead atoms. The fourth-order valence-electron chi connectivity index (χ4n) is 2.74. The number of sulfonamides is 1. The van der Waals surface area contributed by atoms with Crippen LogP contribution in [-0.2, 0) is 35.7 Å². The minimum Gasteiger partial charge on any atom is -0.480 e. The van der Waals surface area contributed by atoms with Gasteiger partial charge in [0.15, 0.2) is 0 Å². The lowest BCUT2D eigenvalue weighted by molar-refractivity contribution is -0.141. The van der Waals surface area contributed by atoms with Gasteiger partial charge in [-0.05, 0) is 5.56 Å². The largest absolute Gasteiger partial charge is 0.480 e. The molecule has 0 fully saturated rings. The van der Waals surface area contributed by atoms with Crippen molar-refractivity contribution < 1.29 is 37.8 Å². The molecule has 0 spiro atoms. The number of benzene rings is 1. The summed E-state index contributed by atoms with van der Waals surface area (Å²) < 4.78 is 21.8. The minimum absolute atomic E-state index is 0.00277. The molecule has 0 atom stereocenters. The lowest BCUT2D eigenvalue weighted by Crippen LogP contribution is -2.46. The summed E-state index contributed by atoms with van der Waals surface area (Å²) in [5, 5.41) is 28.1. The number of carbonyl (C=O) groups excluding carboxylic acids is 2. The highest BCUT2D eigenvalue weighted by Gasteiger charge is 2.19. The highest BCUT2D eigenvalue weighted by Crippen LogP contribution is 1.98. The maximum Gasteiger partial charge on any atom is 0.317 e. The van der Waals surface area contributed by atoms with Gasteiger partial charge in [-0.1, -0.05) is 30.3 Å². The van der Waals surface area contributed by atoms with Crippen LogP contribution in [0.2, 0.25) is 0 Å². The Labute approximate surface area is 191 Å². The second-order valence-corrected chi connectivity index (χ2v) is 8.92. The van der Waals surface area contributed by atoms with Gasteiger partial charge in [0.1, 0.15) is 0 Å². The first-order valence-electron chi connectivity index (χ1n) is 9.90. The molecule has 0 saturated carbocycles. The van der Waals surface area contributed by atoms with Crippen molar-refractivity contribution in [2.75, 3.05) is 51.6 Å². The number of primary sulfonamides is 1. The van der Waals surface area contributed by atoms with E-state index in [-0.39, 0.29) is 39.3 Å². The lowest BCUT2D eigenvalue weighted by atomic mass is 10.2. The molecule has 6 N–H and O–H groups in total. The van der Waals surface area contributed by atoms with Crippen molar-refractivity contribution in [3.05, 3.63) is 35.9 Å². The maximum atomic E-state index is 12.2. The zero-order valence-corrected chi connectivity index (χ0v) is 18.8. The average Bonchev–Trinajstić information content (AvgIpc) is 2.69. The normalized spacial score (nSPS) is 11.4. The van der Waals surface area contributed by atoms with E-state index in [2.05, 4.69) is 10.6 Å². The molecule has 0 heterocycles. The molecule has 184 valence electrons. The molecule has 2 amide bonds. The lowest BCUT2D eigenvalue weighted by Gasteiger charge is -2.25. The Kier molecular flexibility index (Phi) is 12.0. The predicted octanol–water partition coefficient (Wildman–Crippen LogP) is -2.52. The van der Waals surface area contributed by atoms with Gasteiger partial charge in [-0.2, -0.15) is 0 Å². The Morgan fingerprint density at radius 1 is 0.818 bits per heavy atom. The molecular weight excluding hydrogens is 458 g/mol. The van der Waals surface area contributed by atoms with Gasteiger partial charge in [-0.3, -0.25) is 29.0 Å². The molecule has 0 aliphatic carbocycles. The summed E-state index contributed by atoms with van der Waals surface area (Å²) in [7, 11) is -3.76. The number of carbonyl (C=O) groups is 4. The predicted molar refractivity (Wildman–Crippen MR) is 117 cm³/mol. The highest BCUT2D eigenvalue weighted by molar-refractivity contribution is 7.89. The molecule has 1 aromatic carbocycles. The second kappa shape index (κ2) is 14.2. The summed E-state index contributed by atoms with van der Waals surface area (Å²) in [5.41, 5.74) is 0.872. The van der Waals surface area contributed by atoms with Crippen molar-refractivity contribution in [2.24, 2.45) is 5.14 Å². The van der Waals surface area contributed by atoms with Crippen molar-refractivity contribution in [1.29, 1.82) is 0 Å². The van der Waals surface area contributed by atoms with Crippen molar-refractivity contribution in [1.82, 2.24) is 20.4 Å². The van der Waals surface area contributed by atoms with Crippen LogP contribution in [-0.4, -0.2) is 104 Å². The van der Waals surface area contributed by atoms with Crippen LogP contribution in [0.1, 0.15) is 5.56 Å². The van der Waals surface area contributed by atoms with E-state index in [4.69, 9.17) is 15.4 Å². The van der Waals surface area contributed by atoms with Crippen LogP contribution in [0.25, 0.3) is 0 Å². The van der Waals surface area contributed by atoms with Crippen molar-refractivity contribution in [3.63, 3.8) is 0 Å². The van der Waals surface area contributed by atoms with E-state index in [0.29, 0.717) is 0 Å². The number of nitrogens with zero attached hydrogens (tertiary/aromatic N) is 2. The SMILES string of the molecule is NS(=O)(=O)CCNC(=O)CN(CCN(CC(=O)O)CC(=O)NCc1ccccc1)CC(=O)O. The minimum atomic E-state index is -3.76. The van der Waals surface area contributed by atoms with Gasteiger partial charge in [0.05, 0.1) is 31.9 Å². The number of nitrogens with two attached hydrogens (primary N) is 1. The summed E-state index contributed by atoms with van der Waals surface area (Å²) in [6.07, 6.45) is 0. The van der Waals surface area contributed by atoms with Gasteiger partial charge in [0, 0.05) is 26.2 Å². The molecular formula is C19H29N5O8S. The summed E-state index contributed by atoms with van der Waals surface area (Å²) in [4.78, 5) is 49.1. The van der Waals surface area contributed by atoms with Crippen molar-refractivity contribution in [2.45, 2.75) is 6.54 Å². The van der Waals surface area contributed by atoms with Gasteiger partial charge < -0.3 is 20.8 Å². The molecule has 1 rings (SSSR count). The fraction of sp³-hybridized carbons (Fsp3) is 0.474. The molecule has 0 unspecified atom stereocenters. The van der Waals surface area contributed by atoms with Gasteiger partial charge in [-0.25, -0.2) is 13.6 Å². The van der Waals surface area contributed by atoms with E-state index in [1.54, 1.807) is 0 Å². The summed E-state index contributed by atoms with van der Waals surface area (Å²) in [6, 6.07) is 9.13. The molecule has 0 aliphatic heterocycles. The number of carboxylic acids is 2. The number of carboxylic acid groups (broad SMARTS) is 2. The molecule has 0 aliphatic rings. The maximum absolute atomic E-state index is 12.2. The van der Waals surface area contributed by atoms with E-state index in [1.165, 1.54) is 9.80 Å². The molecule has 33 heavy (non-hydrogen) atoms. The first-order valence-corrected chi connectivity index (χ1v) is 11.6. The number of hydrogen-bond donors (Lipinski definition) is 5. The number of aliphatic carboxylic acids is 2. The van der Waals surface area contributed by atoms with Crippen LogP contribution in [0.15, 0.2) is 30.3 Å². The summed E-state index contributed by atoms with van der Waals surface area (Å²) in [5.74, 6) is -3.88. The van der Waals surface area contributed by atoms with Crippen LogP contribution < -0.4 is 15.8 Å². The molecule has 13 nitrogen and oxygen atoms in total. The van der Waals surface area contributed by atoms with E-state index in [9.17, 15) is 27.6 Å². The average molecular weight is 488 g/mol. The highest BCUT2D eigenvalue weighted by atomic mass is 32.2. The molecule has 1 aromatic rings. The number of rotatable bonds is 16. The molecule has 0 saturated heterocycles. The monoisotopic (exact) mass is 487 g/mol. The standard InChI is InChI=1S/C19H29N5O8S/c20-33(31,32)9-6-21-16(25)11-23(13-18(27)28)7-8-24(14-19(29)30)12-17(26)22-10-15-4-2-1-3-5-15/h1-5H,6-14H2,(H,21,25)(H,22,26)(H,27,28)(H,29,30)(H2,20,31,32). The van der Waals surface area contributed by atoms with E-state index >= 15 is 0 Å². The fourth-order valence-corrected chi connectivity index (χ4v) is 3.13. The first kappa shape index (κ1) is 28.0. The Morgan fingerprint density at radius 2 is 1.30 bits per heavy atom. The smallest absolute Gasteiger partial charge is 0.317 e. The van der Waals surface area contributed by atoms with Crippen LogP contribution in [0.3, 0.4) is 0 Å². The van der Waals surface area contributed by atoms with Crippen LogP contribution >= 0.6 is 0 Å². The van der Waals surface area contributed by atoms with Crippen LogP contribution in [0.5, 0.6) is 0 Å². The first-order chi connectivity index (χ1) is 15.4. The Bertz CT molecular complexity index is 910. The zero-order valence-electron chi connectivity index (χ0n) is 18.0. The van der Waals surface area contributed by atoms with Gasteiger partial charge in [-0.15, -0.1) is 0 Å². The van der Waals surface area contributed by atoms with Crippen LogP contribution in [0.4, 0.5) is 0 Å². The topological polar surface area (TPSA) is 199 Å². The number of amides is 2. The quantitative estimate of drug-likeness (QED) is 0.166. The van der Waals surface area contributed by atoms with Gasteiger partial charge >= 0.3 is 11.9 Å². The van der Waals surface area contributed by atoms with E-state index in [1.807, 2.05) is 30.3 Å². The third-order valence-corrected chi connectivity index (χ3v) is 5.00. The molecule has 14 heteroatoms. The number of hydrogen-bond acceptors (Lipinski definition) is 8. The second-order valence-electron chi connectivity index (χ2n) is 7.19. The Hall–Kier alpha value is -3.07. The summed E-state index contributed by atoms with van der Waals surface area (Å²) in [6.45, 7) is -1.55. The molecule has 0 aromatic heterocycles. The van der Waals surface area contributed by atoms with Crippen molar-refractivity contribution >= 4 is 33.8 Å².